The van der Waals surface area contributed by atoms with Crippen LogP contribution in [0.15, 0.2) is 33.4 Å². The first-order valence-electron chi connectivity index (χ1n) is 6.98. The molecule has 0 amide bonds. The fraction of sp³-hybridized carbons (Fsp3) is 0.375. The number of halogens is 2. The van der Waals surface area contributed by atoms with Gasteiger partial charge in [0.05, 0.1) is 3.79 Å². The molecule has 0 saturated carbocycles. The molecule has 21 heavy (non-hydrogen) atoms. The molecule has 1 heterocycles. The molecule has 0 aliphatic carbocycles. The zero-order chi connectivity index (χ0) is 15.4. The molecule has 0 aliphatic heterocycles. The lowest BCUT2D eigenvalue weighted by atomic mass is 10.1. The molecule has 2 aromatic rings. The normalized spacial score (nSPS) is 12.4. The minimum Gasteiger partial charge on any atom is -0.370 e. The zero-order valence-corrected chi connectivity index (χ0v) is 15.6. The Balaban J connectivity index is 2.11. The van der Waals surface area contributed by atoms with E-state index in [2.05, 4.69) is 70.6 Å². The summed E-state index contributed by atoms with van der Waals surface area (Å²) in [6, 6.07) is 8.73. The van der Waals surface area contributed by atoms with Crippen molar-refractivity contribution >= 4 is 44.6 Å². The molecule has 0 spiro atoms. The Kier molecular flexibility index (Phi) is 6.11. The molecular weight excluding hydrogens is 368 g/mol. The number of anilines is 1. The summed E-state index contributed by atoms with van der Waals surface area (Å²) in [6.07, 6.45) is 0. The van der Waals surface area contributed by atoms with Crippen molar-refractivity contribution in [3.8, 4) is 0 Å². The van der Waals surface area contributed by atoms with Gasteiger partial charge in [0.25, 0.3) is 0 Å². The fourth-order valence-electron chi connectivity index (χ4n) is 2.31. The molecule has 2 nitrogen and oxygen atoms in total. The largest absolute Gasteiger partial charge is 0.370 e. The lowest BCUT2D eigenvalue weighted by Crippen LogP contribution is -2.19. The number of hydrogen-bond donors (Lipinski definition) is 1. The minimum absolute atomic E-state index is 0.273. The van der Waals surface area contributed by atoms with E-state index in [4.69, 9.17) is 11.6 Å². The molecule has 1 aromatic heterocycles. The molecule has 1 atom stereocenters. The van der Waals surface area contributed by atoms with Crippen LogP contribution in [0.4, 0.5) is 5.69 Å². The van der Waals surface area contributed by atoms with E-state index in [1.54, 1.807) is 11.3 Å². The van der Waals surface area contributed by atoms with Crippen molar-refractivity contribution in [1.29, 1.82) is 0 Å². The Morgan fingerprint density at radius 3 is 2.71 bits per heavy atom. The molecule has 2 rings (SSSR count). The molecule has 1 unspecified atom stereocenters. The molecule has 5 heteroatoms. The average Bonchev–Trinajstić information content (AvgIpc) is 2.84. The highest BCUT2D eigenvalue weighted by Crippen LogP contribution is 2.29. The maximum Gasteiger partial charge on any atom is 0.0701 e. The summed E-state index contributed by atoms with van der Waals surface area (Å²) >= 11 is 11.7. The van der Waals surface area contributed by atoms with Crippen molar-refractivity contribution in [3.63, 3.8) is 0 Å². The van der Waals surface area contributed by atoms with Crippen LogP contribution in [-0.2, 0) is 6.54 Å². The van der Waals surface area contributed by atoms with Crippen LogP contribution in [-0.4, -0.2) is 13.6 Å². The van der Waals surface area contributed by atoms with Crippen LogP contribution in [0, 0.1) is 0 Å². The first-order chi connectivity index (χ1) is 10.0. The van der Waals surface area contributed by atoms with Gasteiger partial charge < -0.3 is 10.2 Å². The fourth-order valence-corrected chi connectivity index (χ4v) is 3.85. The monoisotopic (exact) mass is 386 g/mol. The van der Waals surface area contributed by atoms with Crippen LogP contribution in [0.5, 0.6) is 0 Å². The van der Waals surface area contributed by atoms with Gasteiger partial charge >= 0.3 is 0 Å². The maximum atomic E-state index is 6.44. The van der Waals surface area contributed by atoms with E-state index in [-0.39, 0.29) is 6.04 Å². The lowest BCUT2D eigenvalue weighted by Gasteiger charge is -2.21. The second-order valence-electron chi connectivity index (χ2n) is 5.10. The highest BCUT2D eigenvalue weighted by atomic mass is 79.9. The zero-order valence-electron chi connectivity index (χ0n) is 12.5. The summed E-state index contributed by atoms with van der Waals surface area (Å²) in [6.45, 7) is 6.05. The third-order valence-corrected chi connectivity index (χ3v) is 5.32. The van der Waals surface area contributed by atoms with Crippen LogP contribution < -0.4 is 10.2 Å². The predicted molar refractivity (Wildman–Crippen MR) is 97.7 cm³/mol. The summed E-state index contributed by atoms with van der Waals surface area (Å²) in [5.41, 5.74) is 3.58. The van der Waals surface area contributed by atoms with E-state index in [1.807, 2.05) is 6.07 Å². The Hall–Kier alpha value is -0.550. The van der Waals surface area contributed by atoms with Gasteiger partial charge in [-0.05, 0) is 64.1 Å². The maximum absolute atomic E-state index is 6.44. The average molecular weight is 388 g/mol. The van der Waals surface area contributed by atoms with Crippen molar-refractivity contribution in [2.75, 3.05) is 18.5 Å². The SMILES string of the molecule is CCNC(C)c1ccc(N(C)Cc2csc(Br)c2)cc1Cl. The first kappa shape index (κ1) is 16.8. The van der Waals surface area contributed by atoms with Crippen molar-refractivity contribution in [1.82, 2.24) is 5.32 Å². The van der Waals surface area contributed by atoms with Crippen LogP contribution in [0.2, 0.25) is 5.02 Å². The molecule has 0 fully saturated rings. The predicted octanol–water partition coefficient (Wildman–Crippen LogP) is 5.47. The van der Waals surface area contributed by atoms with Crippen molar-refractivity contribution in [2.24, 2.45) is 0 Å². The van der Waals surface area contributed by atoms with Gasteiger partial charge in [0.15, 0.2) is 0 Å². The van der Waals surface area contributed by atoms with Crippen LogP contribution >= 0.6 is 38.9 Å². The van der Waals surface area contributed by atoms with E-state index < -0.39 is 0 Å². The van der Waals surface area contributed by atoms with Crippen molar-refractivity contribution in [2.45, 2.75) is 26.4 Å². The van der Waals surface area contributed by atoms with Gasteiger partial charge in [-0.25, -0.2) is 0 Å². The molecule has 114 valence electrons. The number of hydrogen-bond acceptors (Lipinski definition) is 3. The number of benzene rings is 1. The summed E-state index contributed by atoms with van der Waals surface area (Å²) in [5.74, 6) is 0. The minimum atomic E-state index is 0.273. The van der Waals surface area contributed by atoms with Crippen molar-refractivity contribution < 1.29 is 0 Å². The van der Waals surface area contributed by atoms with Gasteiger partial charge in [0.2, 0.25) is 0 Å². The van der Waals surface area contributed by atoms with Gasteiger partial charge in [-0.1, -0.05) is 24.6 Å². The van der Waals surface area contributed by atoms with Gasteiger partial charge in [-0.15, -0.1) is 11.3 Å². The van der Waals surface area contributed by atoms with Crippen LogP contribution in [0.3, 0.4) is 0 Å². The van der Waals surface area contributed by atoms with Gasteiger partial charge in [-0.2, -0.15) is 0 Å². The number of rotatable bonds is 6. The quantitative estimate of drug-likeness (QED) is 0.707. The summed E-state index contributed by atoms with van der Waals surface area (Å²) in [5, 5.41) is 6.38. The Morgan fingerprint density at radius 2 is 2.14 bits per heavy atom. The standard InChI is InChI=1S/C16H20BrClN2S/c1-4-19-11(2)14-6-5-13(8-15(14)18)20(3)9-12-7-16(17)21-10-12/h5-8,10-11,19H,4,9H2,1-3H3. The van der Waals surface area contributed by atoms with Crippen LogP contribution in [0.25, 0.3) is 0 Å². The van der Waals surface area contributed by atoms with E-state index in [1.165, 1.54) is 9.35 Å². The Labute approximate surface area is 144 Å². The van der Waals surface area contributed by atoms with Gasteiger partial charge in [0, 0.05) is 30.3 Å². The third-order valence-electron chi connectivity index (χ3n) is 3.44. The summed E-state index contributed by atoms with van der Waals surface area (Å²) in [4.78, 5) is 2.21. The molecule has 0 bridgehead atoms. The first-order valence-corrected chi connectivity index (χ1v) is 9.03. The van der Waals surface area contributed by atoms with E-state index >= 15 is 0 Å². The summed E-state index contributed by atoms with van der Waals surface area (Å²) < 4.78 is 1.17. The molecule has 0 saturated heterocycles. The third kappa shape index (κ3) is 4.46. The molecule has 1 N–H and O–H groups in total. The van der Waals surface area contributed by atoms with E-state index in [9.17, 15) is 0 Å². The number of nitrogens with one attached hydrogen (secondary N) is 1. The van der Waals surface area contributed by atoms with Crippen molar-refractivity contribution in [3.05, 3.63) is 49.6 Å². The highest BCUT2D eigenvalue weighted by molar-refractivity contribution is 9.11. The Bertz CT molecular complexity index is 600. The topological polar surface area (TPSA) is 15.3 Å². The van der Waals surface area contributed by atoms with Crippen LogP contribution in [0.1, 0.15) is 31.0 Å². The second-order valence-corrected chi connectivity index (χ2v) is 7.80. The molecule has 1 aromatic carbocycles. The molecular formula is C16H20BrClN2S. The van der Waals surface area contributed by atoms with E-state index in [0.717, 1.165) is 29.4 Å². The van der Waals surface area contributed by atoms with E-state index in [0.29, 0.717) is 0 Å². The number of thiophene rings is 1. The number of nitrogens with zero attached hydrogens (tertiary/aromatic N) is 1. The molecule has 0 aliphatic rings. The highest BCUT2D eigenvalue weighted by Gasteiger charge is 2.11. The lowest BCUT2D eigenvalue weighted by molar-refractivity contribution is 0.598. The van der Waals surface area contributed by atoms with Gasteiger partial charge in [0.1, 0.15) is 0 Å². The van der Waals surface area contributed by atoms with Gasteiger partial charge in [-0.3, -0.25) is 0 Å². The molecule has 0 radical (unpaired) electrons. The summed E-state index contributed by atoms with van der Waals surface area (Å²) in [7, 11) is 2.09. The smallest absolute Gasteiger partial charge is 0.0701 e. The second kappa shape index (κ2) is 7.63. The Morgan fingerprint density at radius 1 is 1.38 bits per heavy atom.